The van der Waals surface area contributed by atoms with E-state index in [2.05, 4.69) is 0 Å². The minimum atomic E-state index is -1.44. The molecule has 0 amide bonds. The SMILES string of the molecule is [Fe].[O]=[Mn]=[O]. The van der Waals surface area contributed by atoms with Crippen molar-refractivity contribution in [2.75, 3.05) is 0 Å². The van der Waals surface area contributed by atoms with Gasteiger partial charge in [0.05, 0.1) is 0 Å². The van der Waals surface area contributed by atoms with Gasteiger partial charge in [0.2, 0.25) is 0 Å². The fourth-order valence-electron chi connectivity index (χ4n) is 0. The fraction of sp³-hybridized carbons (Fsp3) is 0. The summed E-state index contributed by atoms with van der Waals surface area (Å²) in [5.41, 5.74) is 0. The molecule has 0 saturated heterocycles. The number of hydrogen-bond acceptors (Lipinski definition) is 2. The summed E-state index contributed by atoms with van der Waals surface area (Å²) in [4.78, 5) is 0. The van der Waals surface area contributed by atoms with Gasteiger partial charge in [0, 0.05) is 17.1 Å². The van der Waals surface area contributed by atoms with Crippen LogP contribution in [0, 0.1) is 0 Å². The van der Waals surface area contributed by atoms with Crippen molar-refractivity contribution in [1.82, 2.24) is 0 Å². The first-order valence-electron chi connectivity index (χ1n) is 0.309. The van der Waals surface area contributed by atoms with Gasteiger partial charge in [-0.2, -0.15) is 0 Å². The van der Waals surface area contributed by atoms with E-state index in [1.54, 1.807) is 0 Å². The van der Waals surface area contributed by atoms with Gasteiger partial charge in [-0.3, -0.25) is 0 Å². The van der Waals surface area contributed by atoms with Crippen LogP contribution in [0.3, 0.4) is 0 Å². The van der Waals surface area contributed by atoms with Crippen molar-refractivity contribution >= 4 is 0 Å². The summed E-state index contributed by atoms with van der Waals surface area (Å²) < 4.78 is 16.8. The molecular weight excluding hydrogens is 143 g/mol. The van der Waals surface area contributed by atoms with Crippen molar-refractivity contribution in [2.24, 2.45) is 0 Å². The van der Waals surface area contributed by atoms with Crippen molar-refractivity contribution in [3.63, 3.8) is 0 Å². The van der Waals surface area contributed by atoms with Gasteiger partial charge in [0.15, 0.2) is 0 Å². The van der Waals surface area contributed by atoms with Gasteiger partial charge in [-0.15, -0.1) is 0 Å². The van der Waals surface area contributed by atoms with Crippen LogP contribution in [0.4, 0.5) is 0 Å². The Kier molecular flexibility index (Phi) is 20.8. The second-order valence-corrected chi connectivity index (χ2v) is 0.260. The summed E-state index contributed by atoms with van der Waals surface area (Å²) in [6.07, 6.45) is 0. The quantitative estimate of drug-likeness (QED) is 0.438. The van der Waals surface area contributed by atoms with E-state index in [4.69, 9.17) is 7.67 Å². The molecule has 0 heterocycles. The maximum atomic E-state index is 8.41. The van der Waals surface area contributed by atoms with Crippen LogP contribution in [-0.2, 0) is 39.6 Å². The van der Waals surface area contributed by atoms with Crippen molar-refractivity contribution in [2.45, 2.75) is 0 Å². The molecule has 0 aromatic heterocycles. The van der Waals surface area contributed by atoms with E-state index in [9.17, 15) is 0 Å². The average molecular weight is 143 g/mol. The van der Waals surface area contributed by atoms with E-state index in [1.165, 1.54) is 0 Å². The molecule has 0 aromatic rings. The van der Waals surface area contributed by atoms with E-state index in [1.807, 2.05) is 0 Å². The summed E-state index contributed by atoms with van der Waals surface area (Å²) in [5, 5.41) is 0. The van der Waals surface area contributed by atoms with Crippen molar-refractivity contribution < 1.29 is 39.6 Å². The first kappa shape index (κ1) is 8.82. The molecule has 0 aliphatic rings. The van der Waals surface area contributed by atoms with Gasteiger partial charge in [-0.05, 0) is 0 Å². The summed E-state index contributed by atoms with van der Waals surface area (Å²) in [7, 11) is 0. The van der Waals surface area contributed by atoms with Crippen molar-refractivity contribution in [3.05, 3.63) is 0 Å². The molecule has 0 N–H and O–H groups in total. The molecule has 2 nitrogen and oxygen atoms in total. The van der Waals surface area contributed by atoms with E-state index in [0.717, 1.165) is 0 Å². The minimum absolute atomic E-state index is 0. The first-order valence-corrected chi connectivity index (χ1v) is 1.27. The molecule has 0 aromatic carbocycles. The fourth-order valence-corrected chi connectivity index (χ4v) is 0. The molecule has 0 unspecified atom stereocenters. The zero-order valence-corrected chi connectivity index (χ0v) is 3.83. The Bertz CT molecular complexity index is 27.0. The second-order valence-electron chi connectivity index (χ2n) is 0.0630. The zero-order valence-electron chi connectivity index (χ0n) is 1.55. The van der Waals surface area contributed by atoms with Crippen LogP contribution in [0.5, 0.6) is 0 Å². The van der Waals surface area contributed by atoms with Crippen LogP contribution in [0.1, 0.15) is 0 Å². The molecule has 0 aliphatic carbocycles. The molecule has 0 aliphatic heterocycles. The molecule has 0 fully saturated rings. The number of rotatable bonds is 0. The molecular formula is FeMnO2. The Hall–Kier alpha value is 0.639. The third kappa shape index (κ3) is 17.4. The van der Waals surface area contributed by atoms with Crippen LogP contribution in [-0.4, -0.2) is 0 Å². The molecule has 0 bridgehead atoms. The predicted octanol–water partition coefficient (Wildman–Crippen LogP) is -0.243. The van der Waals surface area contributed by atoms with Gasteiger partial charge >= 0.3 is 22.5 Å². The van der Waals surface area contributed by atoms with Crippen LogP contribution >= 0.6 is 0 Å². The van der Waals surface area contributed by atoms with Crippen LogP contribution in [0.15, 0.2) is 0 Å². The van der Waals surface area contributed by atoms with Crippen LogP contribution in [0.25, 0.3) is 0 Å². The third-order valence-electron chi connectivity index (χ3n) is 0. The molecule has 0 atom stereocenters. The third-order valence-corrected chi connectivity index (χ3v) is 0. The standard InChI is InChI=1S/Fe.Mn.2O. The zero-order chi connectivity index (χ0) is 2.71. The first-order chi connectivity index (χ1) is 1.41. The molecule has 0 spiro atoms. The summed E-state index contributed by atoms with van der Waals surface area (Å²) in [6, 6.07) is 0. The Morgan fingerprint density at radius 1 is 1.25 bits per heavy atom. The van der Waals surface area contributed by atoms with E-state index in [0.29, 0.717) is 0 Å². The maximum absolute atomic E-state index is 8.41. The summed E-state index contributed by atoms with van der Waals surface area (Å²) >= 11 is -1.44. The molecule has 4 heavy (non-hydrogen) atoms. The van der Waals surface area contributed by atoms with Gasteiger partial charge in [-0.25, -0.2) is 0 Å². The molecule has 0 saturated carbocycles. The molecule has 27 valence electrons. The van der Waals surface area contributed by atoms with Gasteiger partial charge < -0.3 is 0 Å². The van der Waals surface area contributed by atoms with E-state index >= 15 is 0 Å². The Labute approximate surface area is 40.0 Å². The van der Waals surface area contributed by atoms with E-state index in [-0.39, 0.29) is 17.1 Å². The average Bonchev–Trinajstić information content (AvgIpc) is 0.918. The van der Waals surface area contributed by atoms with Gasteiger partial charge in [-0.1, -0.05) is 0 Å². The topological polar surface area (TPSA) is 34.1 Å². The Morgan fingerprint density at radius 2 is 1.25 bits per heavy atom. The molecule has 0 rings (SSSR count). The van der Waals surface area contributed by atoms with Crippen LogP contribution < -0.4 is 0 Å². The normalized spacial score (nSPS) is 3.00. The second kappa shape index (κ2) is 9.43. The predicted molar refractivity (Wildman–Crippen MR) is 1.37 cm³/mol. The van der Waals surface area contributed by atoms with Crippen molar-refractivity contribution in [3.8, 4) is 0 Å². The van der Waals surface area contributed by atoms with Gasteiger partial charge in [0.25, 0.3) is 0 Å². The molecule has 0 radical (unpaired) electrons. The van der Waals surface area contributed by atoms with Gasteiger partial charge in [0.1, 0.15) is 0 Å². The monoisotopic (exact) mass is 143 g/mol. The summed E-state index contributed by atoms with van der Waals surface area (Å²) in [6.45, 7) is 0. The number of hydrogen-bond donors (Lipinski definition) is 0. The Balaban J connectivity index is 0. The van der Waals surface area contributed by atoms with Crippen molar-refractivity contribution in [1.29, 1.82) is 0 Å². The van der Waals surface area contributed by atoms with Crippen LogP contribution in [0.2, 0.25) is 0 Å². The van der Waals surface area contributed by atoms with E-state index < -0.39 is 14.8 Å². The summed E-state index contributed by atoms with van der Waals surface area (Å²) in [5.74, 6) is 0. The Morgan fingerprint density at radius 3 is 1.25 bits per heavy atom. The molecule has 4 heteroatoms.